The standard InChI is InChI=1S/C11H22N2O3/c1-15-7-9-3-5-13(6-4-9)11(14)10(12)8-16-2/h9-10H,3-8,12H2,1-2H3. The fraction of sp³-hybridized carbons (Fsp3) is 0.909. The van der Waals surface area contributed by atoms with Crippen molar-refractivity contribution < 1.29 is 14.3 Å². The van der Waals surface area contributed by atoms with E-state index in [2.05, 4.69) is 0 Å². The lowest BCUT2D eigenvalue weighted by Gasteiger charge is -2.33. The Morgan fingerprint density at radius 2 is 2.00 bits per heavy atom. The Bertz CT molecular complexity index is 215. The van der Waals surface area contributed by atoms with Gasteiger partial charge in [-0.25, -0.2) is 0 Å². The maximum atomic E-state index is 11.8. The van der Waals surface area contributed by atoms with E-state index < -0.39 is 6.04 Å². The number of ether oxygens (including phenoxy) is 2. The SMILES string of the molecule is COCC1CCN(C(=O)C(N)COC)CC1. The smallest absolute Gasteiger partial charge is 0.241 e. The van der Waals surface area contributed by atoms with Gasteiger partial charge in [-0.1, -0.05) is 0 Å². The fourth-order valence-corrected chi connectivity index (χ4v) is 2.04. The van der Waals surface area contributed by atoms with Crippen molar-refractivity contribution in [1.82, 2.24) is 4.90 Å². The highest BCUT2D eigenvalue weighted by Crippen LogP contribution is 2.17. The van der Waals surface area contributed by atoms with E-state index in [0.717, 1.165) is 32.5 Å². The number of nitrogens with zero attached hydrogens (tertiary/aromatic N) is 1. The van der Waals surface area contributed by atoms with E-state index in [0.29, 0.717) is 5.92 Å². The molecule has 1 aliphatic heterocycles. The van der Waals surface area contributed by atoms with Crippen molar-refractivity contribution in [2.45, 2.75) is 18.9 Å². The van der Waals surface area contributed by atoms with Gasteiger partial charge in [0.1, 0.15) is 6.04 Å². The van der Waals surface area contributed by atoms with E-state index in [1.54, 1.807) is 14.2 Å². The summed E-state index contributed by atoms with van der Waals surface area (Å²) >= 11 is 0. The molecule has 0 spiro atoms. The Labute approximate surface area is 96.9 Å². The number of hydrogen-bond donors (Lipinski definition) is 1. The van der Waals surface area contributed by atoms with Crippen LogP contribution in [0.5, 0.6) is 0 Å². The normalized spacial score (nSPS) is 19.8. The van der Waals surface area contributed by atoms with Crippen LogP contribution >= 0.6 is 0 Å². The molecule has 0 radical (unpaired) electrons. The molecule has 1 amide bonds. The molecule has 0 bridgehead atoms. The molecule has 1 heterocycles. The number of nitrogens with two attached hydrogens (primary N) is 1. The summed E-state index contributed by atoms with van der Waals surface area (Å²) in [7, 11) is 3.27. The summed E-state index contributed by atoms with van der Waals surface area (Å²) in [4.78, 5) is 13.7. The zero-order chi connectivity index (χ0) is 12.0. The van der Waals surface area contributed by atoms with Gasteiger partial charge in [-0.3, -0.25) is 4.79 Å². The third kappa shape index (κ3) is 3.73. The summed E-state index contributed by atoms with van der Waals surface area (Å²) in [6.45, 7) is 2.64. The molecule has 0 aromatic rings. The van der Waals surface area contributed by atoms with Gasteiger partial charge in [0.05, 0.1) is 6.61 Å². The Kier molecular flexibility index (Phi) is 5.73. The van der Waals surface area contributed by atoms with Crippen LogP contribution in [0, 0.1) is 5.92 Å². The van der Waals surface area contributed by atoms with E-state index >= 15 is 0 Å². The highest BCUT2D eigenvalue weighted by molar-refractivity contribution is 5.81. The molecule has 94 valence electrons. The fourth-order valence-electron chi connectivity index (χ4n) is 2.04. The highest BCUT2D eigenvalue weighted by Gasteiger charge is 2.25. The predicted octanol–water partition coefficient (Wildman–Crippen LogP) is -0.155. The minimum Gasteiger partial charge on any atom is -0.384 e. The lowest BCUT2D eigenvalue weighted by Crippen LogP contribution is -2.49. The Hall–Kier alpha value is -0.650. The van der Waals surface area contributed by atoms with E-state index in [9.17, 15) is 4.79 Å². The third-order valence-corrected chi connectivity index (χ3v) is 2.99. The molecule has 1 aliphatic rings. The average molecular weight is 230 g/mol. The first kappa shape index (κ1) is 13.4. The second kappa shape index (κ2) is 6.83. The van der Waals surface area contributed by atoms with Crippen LogP contribution in [0.25, 0.3) is 0 Å². The third-order valence-electron chi connectivity index (χ3n) is 2.99. The molecule has 1 atom stereocenters. The van der Waals surface area contributed by atoms with Crippen molar-refractivity contribution in [2.24, 2.45) is 11.7 Å². The van der Waals surface area contributed by atoms with Crippen LogP contribution in [0.4, 0.5) is 0 Å². The van der Waals surface area contributed by atoms with Gasteiger partial charge < -0.3 is 20.1 Å². The number of carbonyl (C=O) groups is 1. The van der Waals surface area contributed by atoms with Gasteiger partial charge in [-0.05, 0) is 18.8 Å². The average Bonchev–Trinajstić information content (AvgIpc) is 2.30. The minimum atomic E-state index is -0.524. The molecule has 1 fully saturated rings. The lowest BCUT2D eigenvalue weighted by molar-refractivity contribution is -0.135. The Morgan fingerprint density at radius 3 is 2.50 bits per heavy atom. The van der Waals surface area contributed by atoms with Gasteiger partial charge in [0, 0.05) is 33.9 Å². The van der Waals surface area contributed by atoms with Crippen molar-refractivity contribution in [3.05, 3.63) is 0 Å². The molecule has 1 rings (SSSR count). The first-order valence-electron chi connectivity index (χ1n) is 5.71. The van der Waals surface area contributed by atoms with E-state index in [1.807, 2.05) is 4.90 Å². The molecular weight excluding hydrogens is 208 g/mol. The van der Waals surface area contributed by atoms with Crippen molar-refractivity contribution in [1.29, 1.82) is 0 Å². The van der Waals surface area contributed by atoms with Gasteiger partial charge in [0.25, 0.3) is 0 Å². The Morgan fingerprint density at radius 1 is 1.38 bits per heavy atom. The zero-order valence-electron chi connectivity index (χ0n) is 10.1. The van der Waals surface area contributed by atoms with Crippen LogP contribution in [-0.4, -0.2) is 57.4 Å². The summed E-state index contributed by atoms with van der Waals surface area (Å²) in [5.74, 6) is 0.574. The molecule has 2 N–H and O–H groups in total. The first-order valence-corrected chi connectivity index (χ1v) is 5.71. The van der Waals surface area contributed by atoms with Crippen LogP contribution in [0.2, 0.25) is 0 Å². The molecule has 5 nitrogen and oxygen atoms in total. The summed E-state index contributed by atoms with van der Waals surface area (Å²) < 4.78 is 10.00. The number of rotatable bonds is 5. The van der Waals surface area contributed by atoms with Gasteiger partial charge >= 0.3 is 0 Å². The molecule has 16 heavy (non-hydrogen) atoms. The largest absolute Gasteiger partial charge is 0.384 e. The van der Waals surface area contributed by atoms with Gasteiger partial charge in [-0.2, -0.15) is 0 Å². The minimum absolute atomic E-state index is 0.00211. The quantitative estimate of drug-likeness (QED) is 0.713. The molecular formula is C11H22N2O3. The van der Waals surface area contributed by atoms with Crippen LogP contribution in [0.3, 0.4) is 0 Å². The maximum Gasteiger partial charge on any atom is 0.241 e. The first-order chi connectivity index (χ1) is 7.69. The van der Waals surface area contributed by atoms with Gasteiger partial charge in [0.15, 0.2) is 0 Å². The topological polar surface area (TPSA) is 64.8 Å². The number of amides is 1. The predicted molar refractivity (Wildman–Crippen MR) is 61.0 cm³/mol. The molecule has 5 heteroatoms. The molecule has 1 saturated heterocycles. The molecule has 0 saturated carbocycles. The molecule has 0 aliphatic carbocycles. The number of methoxy groups -OCH3 is 2. The number of hydrogen-bond acceptors (Lipinski definition) is 4. The second-order valence-corrected chi connectivity index (χ2v) is 4.29. The second-order valence-electron chi connectivity index (χ2n) is 4.29. The van der Waals surface area contributed by atoms with Crippen molar-refractivity contribution in [3.8, 4) is 0 Å². The van der Waals surface area contributed by atoms with Crippen LogP contribution in [0.15, 0.2) is 0 Å². The summed E-state index contributed by atoms with van der Waals surface area (Å²) in [5, 5.41) is 0. The molecule has 0 aromatic carbocycles. The van der Waals surface area contributed by atoms with Crippen LogP contribution in [-0.2, 0) is 14.3 Å². The van der Waals surface area contributed by atoms with Gasteiger partial charge in [-0.15, -0.1) is 0 Å². The zero-order valence-corrected chi connectivity index (χ0v) is 10.1. The lowest BCUT2D eigenvalue weighted by atomic mass is 9.97. The van der Waals surface area contributed by atoms with Crippen molar-refractivity contribution in [3.63, 3.8) is 0 Å². The molecule has 1 unspecified atom stereocenters. The van der Waals surface area contributed by atoms with Gasteiger partial charge in [0.2, 0.25) is 5.91 Å². The number of likely N-dealkylation sites (tertiary alicyclic amines) is 1. The monoisotopic (exact) mass is 230 g/mol. The summed E-state index contributed by atoms with van der Waals surface area (Å²) in [6.07, 6.45) is 2.00. The maximum absolute atomic E-state index is 11.8. The van der Waals surface area contributed by atoms with Crippen LogP contribution in [0.1, 0.15) is 12.8 Å². The summed E-state index contributed by atoms with van der Waals surface area (Å²) in [6, 6.07) is -0.524. The van der Waals surface area contributed by atoms with Crippen molar-refractivity contribution >= 4 is 5.91 Å². The van der Waals surface area contributed by atoms with E-state index in [-0.39, 0.29) is 12.5 Å². The van der Waals surface area contributed by atoms with Crippen LogP contribution < -0.4 is 5.73 Å². The molecule has 0 aromatic heterocycles. The van der Waals surface area contributed by atoms with E-state index in [4.69, 9.17) is 15.2 Å². The Balaban J connectivity index is 2.32. The summed E-state index contributed by atoms with van der Waals surface area (Å²) in [5.41, 5.74) is 5.71. The number of piperidine rings is 1. The van der Waals surface area contributed by atoms with Crippen molar-refractivity contribution in [2.75, 3.05) is 40.5 Å². The van der Waals surface area contributed by atoms with E-state index in [1.165, 1.54) is 0 Å². The number of carbonyl (C=O) groups excluding carboxylic acids is 1. The highest BCUT2D eigenvalue weighted by atomic mass is 16.5.